The summed E-state index contributed by atoms with van der Waals surface area (Å²) >= 11 is 0. The van der Waals surface area contributed by atoms with E-state index >= 15 is 0 Å². The summed E-state index contributed by atoms with van der Waals surface area (Å²) in [5.74, 6) is 1.47. The van der Waals surface area contributed by atoms with Gasteiger partial charge in [0.25, 0.3) is 0 Å². The molecule has 0 aromatic heterocycles. The number of hydrogen-bond acceptors (Lipinski definition) is 5. The number of ether oxygens (including phenoxy) is 3. The van der Waals surface area contributed by atoms with Crippen molar-refractivity contribution in [3.05, 3.63) is 18.2 Å². The third kappa shape index (κ3) is 4.79. The van der Waals surface area contributed by atoms with Gasteiger partial charge >= 0.3 is 0 Å². The number of nitrogens with one attached hydrogen (secondary N) is 1. The van der Waals surface area contributed by atoms with Gasteiger partial charge in [0.2, 0.25) is 0 Å². The molecule has 1 aliphatic carbocycles. The Hall–Kier alpha value is -1.46. The molecule has 1 aromatic carbocycles. The number of aliphatic hydroxyl groups is 1. The van der Waals surface area contributed by atoms with E-state index in [1.165, 1.54) is 12.8 Å². The highest BCUT2D eigenvalue weighted by atomic mass is 16.5. The van der Waals surface area contributed by atoms with E-state index in [9.17, 15) is 5.11 Å². The van der Waals surface area contributed by atoms with Crippen LogP contribution in [0.2, 0.25) is 0 Å². The Bertz CT molecular complexity index is 432. The van der Waals surface area contributed by atoms with Crippen molar-refractivity contribution in [2.75, 3.05) is 32.7 Å². The second-order valence-electron chi connectivity index (χ2n) is 5.34. The fourth-order valence-electron chi connectivity index (χ4n) is 2.54. The lowest BCUT2D eigenvalue weighted by atomic mass is 10.2. The summed E-state index contributed by atoms with van der Waals surface area (Å²) < 4.78 is 16.2. The Labute approximate surface area is 126 Å². The van der Waals surface area contributed by atoms with Gasteiger partial charge in [0.1, 0.15) is 11.5 Å². The molecule has 0 radical (unpaired) electrons. The molecule has 1 aromatic rings. The van der Waals surface area contributed by atoms with Gasteiger partial charge in [-0.05, 0) is 25.0 Å². The summed E-state index contributed by atoms with van der Waals surface area (Å²) in [5.41, 5.74) is 0.803. The van der Waals surface area contributed by atoms with E-state index in [0.29, 0.717) is 19.3 Å². The molecule has 0 aliphatic heterocycles. The highest BCUT2D eigenvalue weighted by Crippen LogP contribution is 2.28. The average molecular weight is 295 g/mol. The van der Waals surface area contributed by atoms with Crippen LogP contribution in [0.5, 0.6) is 11.5 Å². The van der Waals surface area contributed by atoms with Gasteiger partial charge in [-0.25, -0.2) is 0 Å². The summed E-state index contributed by atoms with van der Waals surface area (Å²) in [6.45, 7) is 0.778. The molecule has 1 atom stereocenters. The Balaban J connectivity index is 1.80. The zero-order chi connectivity index (χ0) is 15.1. The number of methoxy groups -OCH3 is 2. The second-order valence-corrected chi connectivity index (χ2v) is 5.34. The number of aliphatic hydroxyl groups excluding tert-OH is 1. The quantitative estimate of drug-likeness (QED) is 0.771. The predicted octanol–water partition coefficient (Wildman–Crippen LogP) is 2.44. The molecule has 0 heterocycles. The average Bonchev–Trinajstić information content (AvgIpc) is 3.04. The number of anilines is 1. The number of benzene rings is 1. The molecular formula is C16H25NO4. The maximum Gasteiger partial charge on any atom is 0.142 e. The van der Waals surface area contributed by atoms with Crippen molar-refractivity contribution in [2.45, 2.75) is 37.9 Å². The molecule has 1 aliphatic rings. The minimum absolute atomic E-state index is 0.325. The van der Waals surface area contributed by atoms with Crippen LogP contribution in [0.4, 0.5) is 5.69 Å². The van der Waals surface area contributed by atoms with Crippen LogP contribution in [-0.4, -0.2) is 44.7 Å². The van der Waals surface area contributed by atoms with E-state index in [0.717, 1.165) is 30.0 Å². The lowest BCUT2D eigenvalue weighted by molar-refractivity contribution is -0.00118. The zero-order valence-electron chi connectivity index (χ0n) is 12.8. The van der Waals surface area contributed by atoms with Crippen LogP contribution in [-0.2, 0) is 4.74 Å². The van der Waals surface area contributed by atoms with Crippen LogP contribution in [0, 0.1) is 0 Å². The van der Waals surface area contributed by atoms with Crippen molar-refractivity contribution in [3.63, 3.8) is 0 Å². The molecule has 118 valence electrons. The molecule has 2 N–H and O–H groups in total. The fraction of sp³-hybridized carbons (Fsp3) is 0.625. The smallest absolute Gasteiger partial charge is 0.142 e. The van der Waals surface area contributed by atoms with Crippen molar-refractivity contribution in [2.24, 2.45) is 0 Å². The first-order valence-corrected chi connectivity index (χ1v) is 7.48. The fourth-order valence-corrected chi connectivity index (χ4v) is 2.54. The van der Waals surface area contributed by atoms with Gasteiger partial charge in [0.15, 0.2) is 0 Å². The Morgan fingerprint density at radius 1 is 1.24 bits per heavy atom. The van der Waals surface area contributed by atoms with Crippen LogP contribution in [0.3, 0.4) is 0 Å². The van der Waals surface area contributed by atoms with Crippen molar-refractivity contribution in [3.8, 4) is 11.5 Å². The Kier molecular flexibility index (Phi) is 6.14. The summed E-state index contributed by atoms with van der Waals surface area (Å²) in [5, 5.41) is 13.2. The number of hydrogen-bond donors (Lipinski definition) is 2. The topological polar surface area (TPSA) is 60.0 Å². The molecule has 5 nitrogen and oxygen atoms in total. The SMILES string of the molecule is COc1ccc(OC)c(NCC(O)COC2CCCC2)c1. The molecule has 0 spiro atoms. The van der Waals surface area contributed by atoms with Gasteiger partial charge in [-0.15, -0.1) is 0 Å². The molecule has 2 rings (SSSR count). The van der Waals surface area contributed by atoms with Gasteiger partial charge in [0.05, 0.1) is 38.7 Å². The van der Waals surface area contributed by atoms with Crippen LogP contribution in [0.25, 0.3) is 0 Å². The predicted molar refractivity (Wildman–Crippen MR) is 82.3 cm³/mol. The lowest BCUT2D eigenvalue weighted by Gasteiger charge is -2.18. The Morgan fingerprint density at radius 3 is 2.67 bits per heavy atom. The monoisotopic (exact) mass is 295 g/mol. The number of rotatable bonds is 8. The first kappa shape index (κ1) is 15.9. The van der Waals surface area contributed by atoms with Crippen LogP contribution in [0.1, 0.15) is 25.7 Å². The maximum absolute atomic E-state index is 10.0. The molecule has 1 fully saturated rings. The highest BCUT2D eigenvalue weighted by molar-refractivity contribution is 5.59. The third-order valence-electron chi connectivity index (χ3n) is 3.76. The molecular weight excluding hydrogens is 270 g/mol. The summed E-state index contributed by atoms with van der Waals surface area (Å²) in [6, 6.07) is 5.52. The molecule has 1 saturated carbocycles. The summed E-state index contributed by atoms with van der Waals surface area (Å²) in [7, 11) is 3.24. The van der Waals surface area contributed by atoms with E-state index in [-0.39, 0.29) is 0 Å². The molecule has 0 amide bonds. The van der Waals surface area contributed by atoms with E-state index in [2.05, 4.69) is 5.32 Å². The van der Waals surface area contributed by atoms with Crippen molar-refractivity contribution in [1.82, 2.24) is 0 Å². The van der Waals surface area contributed by atoms with Gasteiger partial charge in [-0.3, -0.25) is 0 Å². The van der Waals surface area contributed by atoms with Crippen molar-refractivity contribution >= 4 is 5.69 Å². The Morgan fingerprint density at radius 2 is 2.00 bits per heavy atom. The first-order chi connectivity index (χ1) is 10.2. The molecule has 5 heteroatoms. The lowest BCUT2D eigenvalue weighted by Crippen LogP contribution is -2.27. The minimum Gasteiger partial charge on any atom is -0.497 e. The largest absolute Gasteiger partial charge is 0.497 e. The van der Waals surface area contributed by atoms with E-state index in [4.69, 9.17) is 14.2 Å². The molecule has 0 bridgehead atoms. The van der Waals surface area contributed by atoms with Crippen LogP contribution in [0.15, 0.2) is 18.2 Å². The third-order valence-corrected chi connectivity index (χ3v) is 3.76. The molecule has 1 unspecified atom stereocenters. The van der Waals surface area contributed by atoms with Crippen molar-refractivity contribution < 1.29 is 19.3 Å². The normalized spacial score (nSPS) is 16.7. The molecule has 21 heavy (non-hydrogen) atoms. The van der Waals surface area contributed by atoms with E-state index in [1.807, 2.05) is 18.2 Å². The van der Waals surface area contributed by atoms with Gasteiger partial charge in [-0.2, -0.15) is 0 Å². The minimum atomic E-state index is -0.540. The van der Waals surface area contributed by atoms with Gasteiger partial charge in [-0.1, -0.05) is 12.8 Å². The summed E-state index contributed by atoms with van der Waals surface area (Å²) in [6.07, 6.45) is 4.49. The summed E-state index contributed by atoms with van der Waals surface area (Å²) in [4.78, 5) is 0. The zero-order valence-corrected chi connectivity index (χ0v) is 12.8. The highest BCUT2D eigenvalue weighted by Gasteiger charge is 2.17. The molecule has 0 saturated heterocycles. The second kappa shape index (κ2) is 8.10. The van der Waals surface area contributed by atoms with Gasteiger partial charge in [0, 0.05) is 12.6 Å². The van der Waals surface area contributed by atoms with E-state index < -0.39 is 6.10 Å². The maximum atomic E-state index is 10.0. The van der Waals surface area contributed by atoms with Crippen LogP contribution >= 0.6 is 0 Å². The van der Waals surface area contributed by atoms with Gasteiger partial charge < -0.3 is 24.6 Å². The van der Waals surface area contributed by atoms with Crippen molar-refractivity contribution in [1.29, 1.82) is 0 Å². The van der Waals surface area contributed by atoms with E-state index in [1.54, 1.807) is 14.2 Å². The van der Waals surface area contributed by atoms with Crippen LogP contribution < -0.4 is 14.8 Å². The standard InChI is InChI=1S/C16H25NO4/c1-19-14-7-8-16(20-2)15(9-14)17-10-12(18)11-21-13-5-3-4-6-13/h7-9,12-13,17-18H,3-6,10-11H2,1-2H3. The first-order valence-electron chi connectivity index (χ1n) is 7.48.